The molecule has 1 N–H and O–H groups in total. The Bertz CT molecular complexity index is 548. The van der Waals surface area contributed by atoms with E-state index in [2.05, 4.69) is 17.1 Å². The zero-order chi connectivity index (χ0) is 28.0. The van der Waals surface area contributed by atoms with Gasteiger partial charge in [0, 0.05) is 17.6 Å². The van der Waals surface area contributed by atoms with Gasteiger partial charge in [-0.3, -0.25) is 4.90 Å². The summed E-state index contributed by atoms with van der Waals surface area (Å²) in [7, 11) is 0. The lowest BCUT2D eigenvalue weighted by Gasteiger charge is -2.44. The van der Waals surface area contributed by atoms with Gasteiger partial charge < -0.3 is 5.32 Å². The molecule has 2 heteroatoms. The first-order chi connectivity index (χ1) is 19.8. The van der Waals surface area contributed by atoms with Crippen LogP contribution in [0.25, 0.3) is 0 Å². The highest BCUT2D eigenvalue weighted by Gasteiger charge is 2.33. The number of hydrogen-bond donors (Lipinski definition) is 1. The molecule has 236 valence electrons. The molecule has 2 saturated carbocycles. The van der Waals surface area contributed by atoms with Gasteiger partial charge >= 0.3 is 0 Å². The summed E-state index contributed by atoms with van der Waals surface area (Å²) in [5.41, 5.74) is 0.330. The quantitative estimate of drug-likeness (QED) is 0.370. The monoisotopic (exact) mass is 559 g/mol. The zero-order valence-electron chi connectivity index (χ0n) is 27.6. The van der Waals surface area contributed by atoms with E-state index in [-0.39, 0.29) is 0 Å². The molecular weight excluding hydrogens is 484 g/mol. The third-order valence-electron chi connectivity index (χ3n) is 11.1. The fraction of sp³-hybridized carbons (Fsp3) is 1.00. The summed E-state index contributed by atoms with van der Waals surface area (Å²) in [6.45, 7) is 5.38. The maximum atomic E-state index is 4.56. The van der Waals surface area contributed by atoms with Crippen molar-refractivity contribution in [1.29, 1.82) is 0 Å². The van der Waals surface area contributed by atoms with E-state index in [0.29, 0.717) is 11.6 Å². The van der Waals surface area contributed by atoms with Crippen LogP contribution in [-0.4, -0.2) is 35.6 Å². The molecule has 0 aromatic carbocycles. The van der Waals surface area contributed by atoms with Crippen LogP contribution in [0.5, 0.6) is 0 Å². The van der Waals surface area contributed by atoms with Crippen LogP contribution in [-0.2, 0) is 0 Å². The maximum absolute atomic E-state index is 4.56. The second kappa shape index (κ2) is 22.5. The molecule has 3 aliphatic rings. The molecule has 2 aliphatic carbocycles. The Balaban J connectivity index is 1.74. The van der Waals surface area contributed by atoms with E-state index in [0.717, 1.165) is 6.04 Å². The summed E-state index contributed by atoms with van der Waals surface area (Å²) >= 11 is 0. The lowest BCUT2D eigenvalue weighted by Crippen LogP contribution is -2.57. The topological polar surface area (TPSA) is 15.3 Å². The van der Waals surface area contributed by atoms with Crippen molar-refractivity contribution < 1.29 is 0 Å². The van der Waals surface area contributed by atoms with E-state index in [9.17, 15) is 0 Å². The van der Waals surface area contributed by atoms with Crippen LogP contribution >= 0.6 is 0 Å². The molecule has 1 heterocycles. The van der Waals surface area contributed by atoms with Crippen molar-refractivity contribution in [2.24, 2.45) is 0 Å². The van der Waals surface area contributed by atoms with Gasteiger partial charge in [-0.05, 0) is 58.5 Å². The van der Waals surface area contributed by atoms with Crippen LogP contribution in [0.3, 0.4) is 0 Å². The molecule has 40 heavy (non-hydrogen) atoms. The van der Waals surface area contributed by atoms with E-state index < -0.39 is 0 Å². The van der Waals surface area contributed by atoms with E-state index in [1.54, 1.807) is 0 Å². The van der Waals surface area contributed by atoms with Gasteiger partial charge in [-0.15, -0.1) is 0 Å². The van der Waals surface area contributed by atoms with Crippen LogP contribution < -0.4 is 5.32 Å². The van der Waals surface area contributed by atoms with Gasteiger partial charge in [-0.2, -0.15) is 0 Å². The summed E-state index contributed by atoms with van der Waals surface area (Å²) in [6.07, 6.45) is 46.7. The minimum absolute atomic E-state index is 0.330. The molecule has 0 aromatic rings. The average Bonchev–Trinajstić information content (AvgIpc) is 2.93. The van der Waals surface area contributed by atoms with Crippen molar-refractivity contribution in [3.63, 3.8) is 0 Å². The first-order valence-electron chi connectivity index (χ1n) is 19.3. The lowest BCUT2D eigenvalue weighted by atomic mass is 9.84. The highest BCUT2D eigenvalue weighted by molar-refractivity contribution is 4.93. The van der Waals surface area contributed by atoms with Gasteiger partial charge in [-0.1, -0.05) is 167 Å². The molecule has 2 unspecified atom stereocenters. The highest BCUT2D eigenvalue weighted by atomic mass is 15.2. The predicted octanol–water partition coefficient (Wildman–Crippen LogP) is 11.9. The van der Waals surface area contributed by atoms with E-state index >= 15 is 0 Å². The summed E-state index contributed by atoms with van der Waals surface area (Å²) in [5, 5.41) is 4.56. The third kappa shape index (κ3) is 15.4. The van der Waals surface area contributed by atoms with Crippen molar-refractivity contribution in [3.05, 3.63) is 0 Å². The van der Waals surface area contributed by atoms with Gasteiger partial charge in [0.15, 0.2) is 0 Å². The Morgan fingerprint density at radius 2 is 0.725 bits per heavy atom. The molecular formula is C38H74N2. The lowest BCUT2D eigenvalue weighted by molar-refractivity contribution is 0.108. The van der Waals surface area contributed by atoms with E-state index in [1.807, 2.05) is 0 Å². The normalized spacial score (nSPS) is 29.9. The van der Waals surface area contributed by atoms with Gasteiger partial charge in [0.1, 0.15) is 0 Å². The van der Waals surface area contributed by atoms with Crippen LogP contribution in [0.15, 0.2) is 0 Å². The molecule has 2 atom stereocenters. The van der Waals surface area contributed by atoms with Crippen LogP contribution in [0, 0.1) is 0 Å². The zero-order valence-corrected chi connectivity index (χ0v) is 27.6. The highest BCUT2D eigenvalue weighted by Crippen LogP contribution is 2.29. The second-order valence-electron chi connectivity index (χ2n) is 14.9. The minimum atomic E-state index is 0.330. The van der Waals surface area contributed by atoms with Crippen LogP contribution in [0.2, 0.25) is 0 Å². The Hall–Kier alpha value is -0.0800. The molecule has 2 nitrogen and oxygen atoms in total. The third-order valence-corrected chi connectivity index (χ3v) is 11.1. The SMILES string of the molecule is CC1(NC2CCCCCCCCCCC2N2CCCCCCCCCCC2)CCCCCCCCCCCCC1. The standard InChI is InChI=1S/C38H74N2/c1-38(32-26-20-14-8-3-2-4-9-15-21-27-33-38)39-36-30-24-18-12-6-7-13-19-25-31-37(36)40-34-28-22-16-10-5-11-17-23-29-35-40/h36-37,39H,2-35H2,1H3. The van der Waals surface area contributed by atoms with Crippen molar-refractivity contribution >= 4 is 0 Å². The van der Waals surface area contributed by atoms with Crippen LogP contribution in [0.4, 0.5) is 0 Å². The maximum Gasteiger partial charge on any atom is 0.0249 e. The van der Waals surface area contributed by atoms with Gasteiger partial charge in [0.25, 0.3) is 0 Å². The summed E-state index contributed by atoms with van der Waals surface area (Å²) in [5.74, 6) is 0. The van der Waals surface area contributed by atoms with Crippen molar-refractivity contribution in [2.75, 3.05) is 13.1 Å². The Morgan fingerprint density at radius 3 is 1.15 bits per heavy atom. The molecule has 3 fully saturated rings. The molecule has 3 rings (SSSR count). The fourth-order valence-corrected chi connectivity index (χ4v) is 8.43. The smallest absolute Gasteiger partial charge is 0.0249 e. The Labute approximate surface area is 253 Å². The molecule has 1 aliphatic heterocycles. The van der Waals surface area contributed by atoms with Crippen molar-refractivity contribution in [2.45, 2.75) is 230 Å². The summed E-state index contributed by atoms with van der Waals surface area (Å²) in [4.78, 5) is 3.05. The average molecular weight is 559 g/mol. The number of nitrogens with one attached hydrogen (secondary N) is 1. The summed E-state index contributed by atoms with van der Waals surface area (Å²) in [6, 6.07) is 1.45. The molecule has 0 radical (unpaired) electrons. The molecule has 0 amide bonds. The molecule has 0 spiro atoms. The van der Waals surface area contributed by atoms with Crippen LogP contribution in [0.1, 0.15) is 212 Å². The van der Waals surface area contributed by atoms with Gasteiger partial charge in [0.2, 0.25) is 0 Å². The Kier molecular flexibility index (Phi) is 19.3. The van der Waals surface area contributed by atoms with Gasteiger partial charge in [-0.25, -0.2) is 0 Å². The predicted molar refractivity (Wildman–Crippen MR) is 178 cm³/mol. The largest absolute Gasteiger partial charge is 0.307 e. The van der Waals surface area contributed by atoms with Crippen molar-refractivity contribution in [3.8, 4) is 0 Å². The first-order valence-corrected chi connectivity index (χ1v) is 19.3. The number of hydrogen-bond acceptors (Lipinski definition) is 2. The van der Waals surface area contributed by atoms with E-state index in [4.69, 9.17) is 0 Å². The second-order valence-corrected chi connectivity index (χ2v) is 14.9. The number of nitrogens with zero attached hydrogens (tertiary/aromatic N) is 1. The molecule has 0 bridgehead atoms. The number of rotatable bonds is 3. The van der Waals surface area contributed by atoms with Gasteiger partial charge in [0.05, 0.1) is 0 Å². The summed E-state index contributed by atoms with van der Waals surface area (Å²) < 4.78 is 0. The first kappa shape index (κ1) is 34.4. The Morgan fingerprint density at radius 1 is 0.400 bits per heavy atom. The molecule has 0 aromatic heterocycles. The minimum Gasteiger partial charge on any atom is -0.307 e. The molecule has 1 saturated heterocycles. The van der Waals surface area contributed by atoms with Crippen molar-refractivity contribution in [1.82, 2.24) is 10.2 Å². The van der Waals surface area contributed by atoms with E-state index in [1.165, 1.54) is 219 Å². The fourth-order valence-electron chi connectivity index (χ4n) is 8.43.